The van der Waals surface area contributed by atoms with Crippen LogP contribution in [0.4, 0.5) is 4.79 Å². The smallest absolute Gasteiger partial charge is 0.317 e. The number of urea groups is 1. The molecule has 25 heavy (non-hydrogen) atoms. The number of hydrogen-bond donors (Lipinski definition) is 1. The number of carbonyl (C=O) groups excluding carboxylic acids is 2. The van der Waals surface area contributed by atoms with Crippen molar-refractivity contribution in [3.05, 3.63) is 42.2 Å². The van der Waals surface area contributed by atoms with E-state index in [1.54, 1.807) is 37.0 Å². The zero-order valence-corrected chi connectivity index (χ0v) is 14.5. The molecule has 8 nitrogen and oxygen atoms in total. The first kappa shape index (κ1) is 16.8. The highest BCUT2D eigenvalue weighted by molar-refractivity contribution is 5.90. The lowest BCUT2D eigenvalue weighted by molar-refractivity contribution is -0.132. The molecule has 0 spiro atoms. The summed E-state index contributed by atoms with van der Waals surface area (Å²) in [6.45, 7) is 0.796. The van der Waals surface area contributed by atoms with E-state index < -0.39 is 6.04 Å². The summed E-state index contributed by atoms with van der Waals surface area (Å²) >= 11 is 0. The molecule has 0 radical (unpaired) electrons. The van der Waals surface area contributed by atoms with Crippen molar-refractivity contribution >= 4 is 11.9 Å². The van der Waals surface area contributed by atoms with Gasteiger partial charge < -0.3 is 19.9 Å². The van der Waals surface area contributed by atoms with Crippen LogP contribution < -0.4 is 10.1 Å². The number of methoxy groups -OCH3 is 1. The Hall–Kier alpha value is -3.03. The molecule has 1 aromatic heterocycles. The number of benzene rings is 1. The molecule has 2 aromatic rings. The van der Waals surface area contributed by atoms with E-state index in [0.29, 0.717) is 13.1 Å². The number of rotatable bonds is 5. The third-order valence-corrected chi connectivity index (χ3v) is 4.15. The molecule has 1 atom stereocenters. The molecule has 0 saturated carbocycles. The van der Waals surface area contributed by atoms with Gasteiger partial charge in [0.05, 0.1) is 25.5 Å². The summed E-state index contributed by atoms with van der Waals surface area (Å²) in [6.07, 6.45) is 3.60. The molecule has 1 saturated heterocycles. The summed E-state index contributed by atoms with van der Waals surface area (Å²) in [4.78, 5) is 27.0. The summed E-state index contributed by atoms with van der Waals surface area (Å²) in [5.41, 5.74) is 1.78. The van der Waals surface area contributed by atoms with Crippen LogP contribution in [0.2, 0.25) is 0 Å². The van der Waals surface area contributed by atoms with Crippen LogP contribution in [0.5, 0.6) is 5.75 Å². The van der Waals surface area contributed by atoms with Crippen LogP contribution in [-0.2, 0) is 11.3 Å². The molecule has 132 valence electrons. The lowest BCUT2D eigenvalue weighted by atomic mass is 10.2. The van der Waals surface area contributed by atoms with Crippen LogP contribution in [0.25, 0.3) is 5.69 Å². The van der Waals surface area contributed by atoms with Crippen molar-refractivity contribution in [2.75, 3.05) is 27.7 Å². The van der Waals surface area contributed by atoms with Gasteiger partial charge in [0.15, 0.2) is 0 Å². The van der Waals surface area contributed by atoms with Gasteiger partial charge in [-0.05, 0) is 12.1 Å². The molecule has 1 N–H and O–H groups in total. The Morgan fingerprint density at radius 2 is 2.28 bits per heavy atom. The highest BCUT2D eigenvalue weighted by atomic mass is 16.5. The van der Waals surface area contributed by atoms with Crippen molar-refractivity contribution in [3.8, 4) is 11.4 Å². The minimum atomic E-state index is -0.504. The highest BCUT2D eigenvalue weighted by Crippen LogP contribution is 2.17. The monoisotopic (exact) mass is 343 g/mol. The fourth-order valence-electron chi connectivity index (χ4n) is 2.76. The van der Waals surface area contributed by atoms with Crippen molar-refractivity contribution < 1.29 is 14.3 Å². The van der Waals surface area contributed by atoms with Gasteiger partial charge in [0.25, 0.3) is 0 Å². The number of hydrogen-bond acceptors (Lipinski definition) is 4. The Bertz CT molecular complexity index is 788. The second kappa shape index (κ2) is 6.84. The summed E-state index contributed by atoms with van der Waals surface area (Å²) in [7, 11) is 5.00. The van der Waals surface area contributed by atoms with Gasteiger partial charge in [-0.1, -0.05) is 6.07 Å². The van der Waals surface area contributed by atoms with Gasteiger partial charge in [-0.3, -0.25) is 4.79 Å². The second-order valence-corrected chi connectivity index (χ2v) is 6.07. The van der Waals surface area contributed by atoms with Crippen LogP contribution in [0.15, 0.2) is 36.7 Å². The number of carbonyl (C=O) groups is 2. The molecule has 3 amide bonds. The van der Waals surface area contributed by atoms with Crippen molar-refractivity contribution in [1.29, 1.82) is 0 Å². The fourth-order valence-corrected chi connectivity index (χ4v) is 2.76. The van der Waals surface area contributed by atoms with Gasteiger partial charge in [-0.25, -0.2) is 9.48 Å². The van der Waals surface area contributed by atoms with Gasteiger partial charge in [0.2, 0.25) is 5.91 Å². The van der Waals surface area contributed by atoms with E-state index in [2.05, 4.69) is 10.4 Å². The zero-order chi connectivity index (χ0) is 18.0. The lowest BCUT2D eigenvalue weighted by Gasteiger charge is -2.19. The topological polar surface area (TPSA) is 79.7 Å². The molecular weight excluding hydrogens is 322 g/mol. The molecule has 1 aliphatic heterocycles. The number of amides is 3. The molecule has 0 bridgehead atoms. The van der Waals surface area contributed by atoms with Crippen LogP contribution in [0.1, 0.15) is 5.56 Å². The number of nitrogens with one attached hydrogen (secondary N) is 1. The second-order valence-electron chi connectivity index (χ2n) is 6.07. The lowest BCUT2D eigenvalue weighted by Crippen LogP contribution is -2.43. The minimum absolute atomic E-state index is 0.119. The molecule has 3 rings (SSSR count). The number of nitrogens with zero attached hydrogens (tertiary/aromatic N) is 4. The molecule has 0 unspecified atom stereocenters. The first-order chi connectivity index (χ1) is 12.0. The van der Waals surface area contributed by atoms with Crippen LogP contribution >= 0.6 is 0 Å². The third-order valence-electron chi connectivity index (χ3n) is 4.15. The predicted molar refractivity (Wildman–Crippen MR) is 91.5 cm³/mol. The molecule has 1 aliphatic rings. The number of ether oxygens (including phenoxy) is 1. The van der Waals surface area contributed by atoms with Crippen LogP contribution in [0, 0.1) is 0 Å². The molecule has 0 aliphatic carbocycles. The first-order valence-electron chi connectivity index (χ1n) is 7.92. The molecule has 8 heteroatoms. The van der Waals surface area contributed by atoms with Crippen LogP contribution in [-0.4, -0.2) is 65.3 Å². The maximum atomic E-state index is 12.4. The number of aromatic nitrogens is 2. The van der Waals surface area contributed by atoms with E-state index in [0.717, 1.165) is 17.0 Å². The average Bonchev–Trinajstić information content (AvgIpc) is 3.21. The largest absolute Gasteiger partial charge is 0.497 e. The maximum Gasteiger partial charge on any atom is 0.317 e. The van der Waals surface area contributed by atoms with E-state index >= 15 is 0 Å². The summed E-state index contributed by atoms with van der Waals surface area (Å²) < 4.78 is 6.96. The van der Waals surface area contributed by atoms with Crippen molar-refractivity contribution in [2.24, 2.45) is 0 Å². The standard InChI is InChI=1S/C17H21N5O3/c1-20(16(23)15-11-21(2)17(24)19-15)9-12-8-18-22(10-12)13-5-4-6-14(7-13)25-3/h4-8,10,15H,9,11H2,1-3H3,(H,19,24)/t15-/m1/s1. The van der Waals surface area contributed by atoms with E-state index in [4.69, 9.17) is 4.74 Å². The Morgan fingerprint density at radius 1 is 1.48 bits per heavy atom. The maximum absolute atomic E-state index is 12.4. The summed E-state index contributed by atoms with van der Waals surface area (Å²) in [5, 5.41) is 7.02. The predicted octanol–water partition coefficient (Wildman–Crippen LogP) is 0.863. The van der Waals surface area contributed by atoms with Crippen molar-refractivity contribution in [3.63, 3.8) is 0 Å². The molecular formula is C17H21N5O3. The van der Waals surface area contributed by atoms with Gasteiger partial charge in [0, 0.05) is 38.5 Å². The highest BCUT2D eigenvalue weighted by Gasteiger charge is 2.32. The van der Waals surface area contributed by atoms with Gasteiger partial charge in [-0.2, -0.15) is 5.10 Å². The molecule has 2 heterocycles. The van der Waals surface area contributed by atoms with Gasteiger partial charge in [-0.15, -0.1) is 0 Å². The minimum Gasteiger partial charge on any atom is -0.497 e. The van der Waals surface area contributed by atoms with E-state index in [9.17, 15) is 9.59 Å². The molecule has 1 fully saturated rings. The van der Waals surface area contributed by atoms with Crippen molar-refractivity contribution in [1.82, 2.24) is 24.9 Å². The normalized spacial score (nSPS) is 16.7. The Balaban J connectivity index is 1.66. The van der Waals surface area contributed by atoms with Crippen LogP contribution in [0.3, 0.4) is 0 Å². The van der Waals surface area contributed by atoms with E-state index in [1.807, 2.05) is 30.5 Å². The Kier molecular flexibility index (Phi) is 4.60. The Labute approximate surface area is 146 Å². The quantitative estimate of drug-likeness (QED) is 0.873. The average molecular weight is 343 g/mol. The zero-order valence-electron chi connectivity index (χ0n) is 14.5. The SMILES string of the molecule is COc1cccc(-n2cc(CN(C)C(=O)[C@H]3CN(C)C(=O)N3)cn2)c1. The van der Waals surface area contributed by atoms with Gasteiger partial charge in [0.1, 0.15) is 11.8 Å². The summed E-state index contributed by atoms with van der Waals surface area (Å²) in [6, 6.07) is 6.85. The molecule has 1 aromatic carbocycles. The van der Waals surface area contributed by atoms with E-state index in [-0.39, 0.29) is 11.9 Å². The first-order valence-corrected chi connectivity index (χ1v) is 7.92. The van der Waals surface area contributed by atoms with Crippen molar-refractivity contribution in [2.45, 2.75) is 12.6 Å². The van der Waals surface area contributed by atoms with E-state index in [1.165, 1.54) is 4.90 Å². The fraction of sp³-hybridized carbons (Fsp3) is 0.353. The Morgan fingerprint density at radius 3 is 2.96 bits per heavy atom. The number of likely N-dealkylation sites (N-methyl/N-ethyl adjacent to an activating group) is 2. The van der Waals surface area contributed by atoms with Gasteiger partial charge >= 0.3 is 6.03 Å². The summed E-state index contributed by atoms with van der Waals surface area (Å²) in [5.74, 6) is 0.634. The third kappa shape index (κ3) is 3.57.